The fourth-order valence-corrected chi connectivity index (χ4v) is 9.27. The minimum atomic E-state index is -4.69. The molecule has 18 nitrogen and oxygen atoms in total. The zero-order valence-electron chi connectivity index (χ0n) is 24.2. The minimum absolute atomic E-state index is 0.0558. The Labute approximate surface area is 262 Å². The molecule has 2 aliphatic rings. The summed E-state index contributed by atoms with van der Waals surface area (Å²) in [6, 6.07) is 0. The Hall–Kier alpha value is -2.36. The van der Waals surface area contributed by atoms with Gasteiger partial charge in [0, 0.05) is 48.4 Å². The predicted octanol–water partition coefficient (Wildman–Crippen LogP) is -1.21. The van der Waals surface area contributed by atoms with Crippen LogP contribution in [-0.4, -0.2) is 93.1 Å². The van der Waals surface area contributed by atoms with Gasteiger partial charge in [-0.1, -0.05) is 11.8 Å². The van der Waals surface area contributed by atoms with Crippen molar-refractivity contribution in [1.82, 2.24) is 19.1 Å². The first-order valence-corrected chi connectivity index (χ1v) is 17.6. The number of rotatable bonds is 12. The second-order valence-electron chi connectivity index (χ2n) is 10.3. The number of hydrogen-bond acceptors (Lipinski definition) is 16. The summed E-state index contributed by atoms with van der Waals surface area (Å²) in [6.45, 7) is -1.38. The number of nitrogens with zero attached hydrogens (tertiary/aromatic N) is 2. The molecule has 2 saturated heterocycles. The first-order chi connectivity index (χ1) is 21.1. The van der Waals surface area contributed by atoms with Crippen LogP contribution in [0, 0.1) is 13.8 Å². The van der Waals surface area contributed by atoms with Gasteiger partial charge >= 0.3 is 18.2 Å². The van der Waals surface area contributed by atoms with Gasteiger partial charge in [-0.3, -0.25) is 42.5 Å². The van der Waals surface area contributed by atoms with Gasteiger partial charge in [-0.05, 0) is 25.2 Å². The van der Waals surface area contributed by atoms with Gasteiger partial charge in [-0.15, -0.1) is 0 Å². The molecule has 45 heavy (non-hydrogen) atoms. The fourth-order valence-electron chi connectivity index (χ4n) is 4.67. The highest BCUT2D eigenvalue weighted by atomic mass is 32.7. The molecule has 0 aromatic carbocycles. The van der Waals surface area contributed by atoms with Crippen molar-refractivity contribution in [3.8, 4) is 0 Å². The van der Waals surface area contributed by atoms with Crippen molar-refractivity contribution in [3.63, 3.8) is 0 Å². The van der Waals surface area contributed by atoms with Gasteiger partial charge in [0.05, 0.1) is 19.1 Å². The van der Waals surface area contributed by atoms with Crippen LogP contribution in [0.3, 0.4) is 0 Å². The highest BCUT2D eigenvalue weighted by Gasteiger charge is 2.55. The summed E-state index contributed by atoms with van der Waals surface area (Å²) < 4.78 is 38.2. The first-order valence-electron chi connectivity index (χ1n) is 13.5. The molecule has 2 aliphatic heterocycles. The average Bonchev–Trinajstić information content (AvgIpc) is 3.49. The Balaban J connectivity index is 1.57. The van der Waals surface area contributed by atoms with E-state index in [1.54, 1.807) is 0 Å². The molecule has 0 aliphatic carbocycles. The number of carbonyl (C=O) groups is 1. The van der Waals surface area contributed by atoms with E-state index < -0.39 is 85.2 Å². The van der Waals surface area contributed by atoms with Gasteiger partial charge in [0.25, 0.3) is 11.1 Å². The van der Waals surface area contributed by atoms with Gasteiger partial charge in [0.2, 0.25) is 5.79 Å². The molecule has 4 heterocycles. The van der Waals surface area contributed by atoms with E-state index in [-0.39, 0.29) is 34.2 Å². The summed E-state index contributed by atoms with van der Waals surface area (Å²) in [5.74, 6) is -2.50. The van der Waals surface area contributed by atoms with Crippen LogP contribution in [-0.2, 0) is 27.9 Å². The number of nitrogens with one attached hydrogen (secondary N) is 2. The summed E-state index contributed by atoms with van der Waals surface area (Å²) in [7, 11) is 0. The second kappa shape index (κ2) is 14.2. The monoisotopic (exact) mass is 696 g/mol. The molecule has 2 aromatic heterocycles. The van der Waals surface area contributed by atoms with Crippen molar-refractivity contribution in [2.75, 3.05) is 18.1 Å². The van der Waals surface area contributed by atoms with Crippen LogP contribution in [0.1, 0.15) is 43.3 Å². The fraction of sp³-hybridized carbons (Fsp3) is 0.625. The third-order valence-corrected chi connectivity index (χ3v) is 11.7. The molecule has 0 radical (unpaired) electrons. The summed E-state index contributed by atoms with van der Waals surface area (Å²) in [4.78, 5) is 63.9. The van der Waals surface area contributed by atoms with Crippen molar-refractivity contribution < 1.29 is 48.3 Å². The number of aliphatic hydroxyl groups excluding tert-OH is 3. The Morgan fingerprint density at radius 1 is 1.09 bits per heavy atom. The molecule has 6 N–H and O–H groups in total. The third kappa shape index (κ3) is 8.14. The summed E-state index contributed by atoms with van der Waals surface area (Å²) in [6.07, 6.45) is -7.69. The van der Waals surface area contributed by atoms with Crippen molar-refractivity contribution in [2.45, 2.75) is 76.5 Å². The number of hydrogen-bond donors (Lipinski definition) is 6. The van der Waals surface area contributed by atoms with Crippen molar-refractivity contribution >= 4 is 35.1 Å². The molecule has 0 amide bonds. The molecule has 21 heteroatoms. The van der Waals surface area contributed by atoms with E-state index in [2.05, 4.69) is 9.97 Å². The largest absolute Gasteiger partial charge is 0.394 e. The van der Waals surface area contributed by atoms with Gasteiger partial charge in [0.15, 0.2) is 11.4 Å². The smallest absolute Gasteiger partial charge is 0.393 e. The zero-order valence-corrected chi connectivity index (χ0v) is 26.7. The number of thioether (sulfide) groups is 1. The van der Waals surface area contributed by atoms with Crippen LogP contribution in [0.4, 0.5) is 0 Å². The lowest BCUT2D eigenvalue weighted by molar-refractivity contribution is -0.199. The topological polar surface area (TPSA) is 262 Å². The van der Waals surface area contributed by atoms with Crippen molar-refractivity contribution in [1.29, 1.82) is 0 Å². The normalized spacial score (nSPS) is 28.6. The Bertz CT molecular complexity index is 1690. The van der Waals surface area contributed by atoms with Crippen LogP contribution in [0.15, 0.2) is 31.6 Å². The predicted molar refractivity (Wildman–Crippen MR) is 159 cm³/mol. The van der Waals surface area contributed by atoms with Crippen molar-refractivity contribution in [2.24, 2.45) is 0 Å². The van der Waals surface area contributed by atoms with Crippen LogP contribution < -0.4 is 22.5 Å². The number of aromatic nitrogens is 4. The summed E-state index contributed by atoms with van der Waals surface area (Å²) >= 11 is 1.39. The summed E-state index contributed by atoms with van der Waals surface area (Å²) in [5.41, 5.74) is -2.68. The van der Waals surface area contributed by atoms with Crippen LogP contribution in [0.25, 0.3) is 0 Å². The zero-order chi connectivity index (χ0) is 33.3. The van der Waals surface area contributed by atoms with E-state index in [1.807, 2.05) is 0 Å². The Kier molecular flexibility index (Phi) is 11.2. The standard InChI is InChI=1S/C24H33N4O14PS2/c1-11-8-27(22(35)25-19(11)32)16-6-14(31)18(40-16)21(34)41-43(38,45-5-4-44-13(3)30)42-24(37)7-17(39-15(24)10-29)28-9-12(2)20(33)26-23(28)36/h8-9,14-18,21,29,31,34,37H,4-7,10H2,1-3H3,(H,25,32,35)(H,26,33,36)/t14-,15+,16+,17+,18-,21?,24-,43?/m0/s1. The van der Waals surface area contributed by atoms with Crippen LogP contribution in [0.5, 0.6) is 0 Å². The number of ether oxygens (including phenoxy) is 2. The highest BCUT2D eigenvalue weighted by Crippen LogP contribution is 2.65. The highest BCUT2D eigenvalue weighted by molar-refractivity contribution is 8.55. The number of carbonyl (C=O) groups excluding carboxylic acids is 1. The summed E-state index contributed by atoms with van der Waals surface area (Å²) in [5, 5.41) is 42.7. The number of aryl methyl sites for hydroxylation is 2. The van der Waals surface area contributed by atoms with Gasteiger partial charge in [0.1, 0.15) is 24.7 Å². The molecule has 2 unspecified atom stereocenters. The van der Waals surface area contributed by atoms with Gasteiger partial charge < -0.3 is 29.9 Å². The molecule has 0 bridgehead atoms. The number of H-pyrrole nitrogens is 2. The maximum absolute atomic E-state index is 14.1. The maximum atomic E-state index is 14.1. The van der Waals surface area contributed by atoms with Crippen LogP contribution in [0.2, 0.25) is 0 Å². The van der Waals surface area contributed by atoms with Crippen LogP contribution >= 0.6 is 29.9 Å². The van der Waals surface area contributed by atoms with E-state index in [0.717, 1.165) is 20.9 Å². The van der Waals surface area contributed by atoms with E-state index in [1.165, 1.54) is 33.2 Å². The van der Waals surface area contributed by atoms with E-state index in [4.69, 9.17) is 18.5 Å². The van der Waals surface area contributed by atoms with E-state index in [9.17, 15) is 49.0 Å². The molecule has 4 rings (SSSR count). The average molecular weight is 697 g/mol. The molecule has 0 saturated carbocycles. The SMILES string of the molecule is CC(=O)SCCSP(=O)(OC(O)[C@H]1O[C@@H](n2cc(C)c(=O)[nH]c2=O)C[C@@H]1O)O[C@@]1(O)C[C@H](n2cc(C)c(=O)[nH]c2=O)O[C@@H]1CO. The number of aromatic amines is 2. The molecule has 8 atom stereocenters. The molecular weight excluding hydrogens is 663 g/mol. The first kappa shape index (κ1) is 35.5. The van der Waals surface area contributed by atoms with E-state index in [0.29, 0.717) is 11.4 Å². The molecule has 2 aromatic rings. The molecule has 0 spiro atoms. The van der Waals surface area contributed by atoms with Gasteiger partial charge in [-0.2, -0.15) is 0 Å². The molecule has 250 valence electrons. The minimum Gasteiger partial charge on any atom is -0.393 e. The molecule has 2 fully saturated rings. The maximum Gasteiger partial charge on any atom is 0.394 e. The third-order valence-electron chi connectivity index (χ3n) is 6.93. The van der Waals surface area contributed by atoms with Gasteiger partial charge in [-0.25, -0.2) is 14.2 Å². The Morgan fingerprint density at radius 2 is 1.67 bits per heavy atom. The van der Waals surface area contributed by atoms with E-state index >= 15 is 0 Å². The Morgan fingerprint density at radius 3 is 2.22 bits per heavy atom. The quantitative estimate of drug-likeness (QED) is 0.0864. The lowest BCUT2D eigenvalue weighted by atomic mass is 10.1. The number of aliphatic hydroxyl groups is 4. The second-order valence-corrected chi connectivity index (χ2v) is 15.7. The van der Waals surface area contributed by atoms with Crippen molar-refractivity contribution in [3.05, 3.63) is 65.2 Å². The lowest BCUT2D eigenvalue weighted by Crippen LogP contribution is -2.43. The lowest BCUT2D eigenvalue weighted by Gasteiger charge is -2.32. The molecular formula is C24H33N4O14PS2.